The molecule has 4 N–H and O–H groups in total. The highest BCUT2D eigenvalue weighted by Gasteiger charge is 2.02. The fourth-order valence-corrected chi connectivity index (χ4v) is 1.13. The highest BCUT2D eigenvalue weighted by Crippen LogP contribution is 2.18. The van der Waals surface area contributed by atoms with Crippen LogP contribution >= 0.6 is 0 Å². The molecule has 0 bridgehead atoms. The maximum absolute atomic E-state index is 5.66. The standard InChI is InChI=1S/C9H16N4/c1-3-4-13(2)9-5-7(10)8(11)6-12-9/h5-6H,3-4,11H2,1-2H3,(H2,10,12). The van der Waals surface area contributed by atoms with Gasteiger partial charge in [-0.05, 0) is 6.42 Å². The second-order valence-corrected chi connectivity index (χ2v) is 3.09. The predicted octanol–water partition coefficient (Wildman–Crippen LogP) is 1.09. The first-order chi connectivity index (χ1) is 6.15. The minimum atomic E-state index is 0.536. The average Bonchev–Trinajstić information content (AvgIpc) is 2.10. The first-order valence-electron chi connectivity index (χ1n) is 4.37. The van der Waals surface area contributed by atoms with Gasteiger partial charge in [-0.25, -0.2) is 4.98 Å². The topological polar surface area (TPSA) is 68.2 Å². The fourth-order valence-electron chi connectivity index (χ4n) is 1.13. The van der Waals surface area contributed by atoms with Crippen LogP contribution in [0, 0.1) is 0 Å². The van der Waals surface area contributed by atoms with Gasteiger partial charge in [0.1, 0.15) is 5.82 Å². The number of nitrogens with two attached hydrogens (primary N) is 2. The highest BCUT2D eigenvalue weighted by atomic mass is 15.2. The van der Waals surface area contributed by atoms with Gasteiger partial charge in [0.2, 0.25) is 0 Å². The Morgan fingerprint density at radius 1 is 1.38 bits per heavy atom. The van der Waals surface area contributed by atoms with Gasteiger partial charge in [0.15, 0.2) is 0 Å². The molecule has 0 aromatic carbocycles. The van der Waals surface area contributed by atoms with Crippen molar-refractivity contribution in [3.63, 3.8) is 0 Å². The lowest BCUT2D eigenvalue weighted by Crippen LogP contribution is -2.19. The number of anilines is 3. The minimum absolute atomic E-state index is 0.536. The van der Waals surface area contributed by atoms with E-state index in [1.54, 1.807) is 12.3 Å². The van der Waals surface area contributed by atoms with Crippen molar-refractivity contribution in [1.82, 2.24) is 4.98 Å². The van der Waals surface area contributed by atoms with Crippen molar-refractivity contribution in [3.8, 4) is 0 Å². The van der Waals surface area contributed by atoms with E-state index in [1.807, 2.05) is 7.05 Å². The van der Waals surface area contributed by atoms with E-state index >= 15 is 0 Å². The lowest BCUT2D eigenvalue weighted by atomic mass is 10.3. The summed E-state index contributed by atoms with van der Waals surface area (Å²) in [6, 6.07) is 1.80. The zero-order chi connectivity index (χ0) is 9.84. The molecule has 0 atom stereocenters. The number of hydrogen-bond donors (Lipinski definition) is 2. The maximum Gasteiger partial charge on any atom is 0.130 e. The molecule has 13 heavy (non-hydrogen) atoms. The normalized spacial score (nSPS) is 10.0. The molecule has 0 radical (unpaired) electrons. The van der Waals surface area contributed by atoms with Crippen LogP contribution in [0.4, 0.5) is 17.2 Å². The third-order valence-electron chi connectivity index (χ3n) is 1.90. The molecular formula is C9H16N4. The second kappa shape index (κ2) is 3.98. The maximum atomic E-state index is 5.66. The smallest absolute Gasteiger partial charge is 0.130 e. The molecule has 0 fully saturated rings. The van der Waals surface area contributed by atoms with Crippen LogP contribution < -0.4 is 16.4 Å². The average molecular weight is 180 g/mol. The lowest BCUT2D eigenvalue weighted by Gasteiger charge is -2.17. The van der Waals surface area contributed by atoms with E-state index in [-0.39, 0.29) is 0 Å². The first kappa shape index (κ1) is 9.64. The Kier molecular flexibility index (Phi) is 2.95. The van der Waals surface area contributed by atoms with E-state index in [2.05, 4.69) is 16.8 Å². The van der Waals surface area contributed by atoms with Crippen LogP contribution in [0.1, 0.15) is 13.3 Å². The molecule has 0 aliphatic rings. The van der Waals surface area contributed by atoms with Crippen molar-refractivity contribution < 1.29 is 0 Å². The van der Waals surface area contributed by atoms with Gasteiger partial charge in [-0.1, -0.05) is 6.92 Å². The minimum Gasteiger partial charge on any atom is -0.397 e. The molecule has 1 heterocycles. The number of nitrogen functional groups attached to an aromatic ring is 2. The van der Waals surface area contributed by atoms with Gasteiger partial charge in [-0.2, -0.15) is 0 Å². The van der Waals surface area contributed by atoms with Crippen LogP contribution in [0.3, 0.4) is 0 Å². The van der Waals surface area contributed by atoms with Gasteiger partial charge in [-0.15, -0.1) is 0 Å². The predicted molar refractivity (Wildman–Crippen MR) is 56.6 cm³/mol. The van der Waals surface area contributed by atoms with E-state index in [4.69, 9.17) is 11.5 Å². The Hall–Kier alpha value is -1.45. The van der Waals surface area contributed by atoms with Gasteiger partial charge in [0, 0.05) is 19.7 Å². The van der Waals surface area contributed by atoms with Crippen molar-refractivity contribution in [2.24, 2.45) is 0 Å². The summed E-state index contributed by atoms with van der Waals surface area (Å²) < 4.78 is 0. The molecule has 0 aliphatic carbocycles. The van der Waals surface area contributed by atoms with Gasteiger partial charge < -0.3 is 16.4 Å². The molecule has 0 saturated carbocycles. The molecular weight excluding hydrogens is 164 g/mol. The van der Waals surface area contributed by atoms with Crippen LogP contribution in [-0.4, -0.2) is 18.6 Å². The number of rotatable bonds is 3. The van der Waals surface area contributed by atoms with E-state index in [0.29, 0.717) is 11.4 Å². The van der Waals surface area contributed by atoms with Crippen LogP contribution in [-0.2, 0) is 0 Å². The fraction of sp³-hybridized carbons (Fsp3) is 0.444. The van der Waals surface area contributed by atoms with Gasteiger partial charge in [0.05, 0.1) is 17.6 Å². The molecule has 0 spiro atoms. The van der Waals surface area contributed by atoms with Gasteiger partial charge >= 0.3 is 0 Å². The van der Waals surface area contributed by atoms with Crippen molar-refractivity contribution in [2.75, 3.05) is 30.0 Å². The molecule has 4 nitrogen and oxygen atoms in total. The number of aromatic nitrogens is 1. The van der Waals surface area contributed by atoms with Gasteiger partial charge in [-0.3, -0.25) is 0 Å². The first-order valence-corrected chi connectivity index (χ1v) is 4.37. The molecule has 0 aliphatic heterocycles. The molecule has 72 valence electrons. The summed E-state index contributed by atoms with van der Waals surface area (Å²) in [5.74, 6) is 0.869. The van der Waals surface area contributed by atoms with Crippen LogP contribution in [0.15, 0.2) is 12.3 Å². The summed E-state index contributed by atoms with van der Waals surface area (Å²) >= 11 is 0. The molecule has 4 heteroatoms. The zero-order valence-corrected chi connectivity index (χ0v) is 8.12. The van der Waals surface area contributed by atoms with E-state index in [0.717, 1.165) is 18.8 Å². The van der Waals surface area contributed by atoms with E-state index in [1.165, 1.54) is 0 Å². The summed E-state index contributed by atoms with van der Waals surface area (Å²) in [4.78, 5) is 6.23. The Bertz CT molecular complexity index is 285. The third-order valence-corrected chi connectivity index (χ3v) is 1.90. The number of nitrogens with zero attached hydrogens (tertiary/aromatic N) is 2. The van der Waals surface area contributed by atoms with Crippen molar-refractivity contribution >= 4 is 17.2 Å². The van der Waals surface area contributed by atoms with Crippen molar-refractivity contribution in [2.45, 2.75) is 13.3 Å². The SMILES string of the molecule is CCCN(C)c1cc(N)c(N)cn1. The Labute approximate surface area is 78.6 Å². The molecule has 0 unspecified atom stereocenters. The molecule has 1 aromatic rings. The van der Waals surface area contributed by atoms with E-state index in [9.17, 15) is 0 Å². The second-order valence-electron chi connectivity index (χ2n) is 3.09. The van der Waals surface area contributed by atoms with Crippen LogP contribution in [0.5, 0.6) is 0 Å². The molecule has 0 saturated heterocycles. The molecule has 1 rings (SSSR count). The molecule has 1 aromatic heterocycles. The lowest BCUT2D eigenvalue weighted by molar-refractivity contribution is 0.838. The third kappa shape index (κ3) is 2.24. The summed E-state index contributed by atoms with van der Waals surface area (Å²) in [5.41, 5.74) is 12.3. The summed E-state index contributed by atoms with van der Waals surface area (Å²) in [7, 11) is 1.99. The Morgan fingerprint density at radius 2 is 2.08 bits per heavy atom. The summed E-state index contributed by atoms with van der Waals surface area (Å²) in [6.45, 7) is 3.09. The van der Waals surface area contributed by atoms with E-state index < -0.39 is 0 Å². The van der Waals surface area contributed by atoms with Crippen LogP contribution in [0.25, 0.3) is 0 Å². The summed E-state index contributed by atoms with van der Waals surface area (Å²) in [5, 5.41) is 0. The molecule has 0 amide bonds. The highest BCUT2D eigenvalue weighted by molar-refractivity contribution is 5.66. The van der Waals surface area contributed by atoms with Crippen molar-refractivity contribution in [1.29, 1.82) is 0 Å². The number of hydrogen-bond acceptors (Lipinski definition) is 4. The Morgan fingerprint density at radius 3 is 2.62 bits per heavy atom. The Balaban J connectivity index is 2.84. The quantitative estimate of drug-likeness (QED) is 0.730. The van der Waals surface area contributed by atoms with Gasteiger partial charge in [0.25, 0.3) is 0 Å². The number of pyridine rings is 1. The summed E-state index contributed by atoms with van der Waals surface area (Å²) in [6.07, 6.45) is 2.68. The van der Waals surface area contributed by atoms with Crippen molar-refractivity contribution in [3.05, 3.63) is 12.3 Å². The monoisotopic (exact) mass is 180 g/mol. The van der Waals surface area contributed by atoms with Crippen LogP contribution in [0.2, 0.25) is 0 Å². The zero-order valence-electron chi connectivity index (χ0n) is 8.12. The largest absolute Gasteiger partial charge is 0.397 e.